The fraction of sp³-hybridized carbons (Fsp3) is 0.707. The van der Waals surface area contributed by atoms with Crippen LogP contribution in [0.5, 0.6) is 0 Å². The highest BCUT2D eigenvalue weighted by Crippen LogP contribution is 2.34. The highest BCUT2D eigenvalue weighted by molar-refractivity contribution is 5.79. The Morgan fingerprint density at radius 3 is 2.11 bits per heavy atom. The topological polar surface area (TPSA) is 301 Å². The number of aliphatic hydroxyl groups excluding tert-OH is 4. The fourth-order valence-electron chi connectivity index (χ4n) is 6.34. The van der Waals surface area contributed by atoms with Gasteiger partial charge in [-0.3, -0.25) is 14.4 Å². The molecule has 6 atom stereocenters. The van der Waals surface area contributed by atoms with Crippen LogP contribution < -0.4 is 16.0 Å². The van der Waals surface area contributed by atoms with E-state index in [2.05, 4.69) is 26.3 Å². The van der Waals surface area contributed by atoms with Gasteiger partial charge in [-0.25, -0.2) is 18.3 Å². The van der Waals surface area contributed by atoms with Crippen molar-refractivity contribution in [2.45, 2.75) is 101 Å². The number of rotatable bonds is 35. The molecule has 0 unspecified atom stereocenters. The number of carbonyl (C=O) groups is 4. The highest BCUT2D eigenvalue weighted by Gasteiger charge is 2.55. The molecule has 3 amide bonds. The average Bonchev–Trinajstić information content (AvgIpc) is 3.74. The third-order valence-corrected chi connectivity index (χ3v) is 9.76. The first kappa shape index (κ1) is 55.0. The number of aliphatic hydroxyl groups is 4. The van der Waals surface area contributed by atoms with Crippen molar-refractivity contribution in [1.82, 2.24) is 30.9 Å². The number of carboxylic acid groups (broad SMARTS) is 1. The summed E-state index contributed by atoms with van der Waals surface area (Å²) in [7, 11) is 0. The van der Waals surface area contributed by atoms with E-state index in [1.165, 1.54) is 31.2 Å². The second-order valence-electron chi connectivity index (χ2n) is 15.0. The molecular formula is C41H64F2N6O16. The zero-order valence-corrected chi connectivity index (χ0v) is 36.5. The lowest BCUT2D eigenvalue weighted by Crippen LogP contribution is -2.68. The Bertz CT molecular complexity index is 1680. The van der Waals surface area contributed by atoms with Crippen LogP contribution in [0.2, 0.25) is 0 Å². The number of alkyl halides is 2. The molecule has 2 aromatic rings. The first-order valence-corrected chi connectivity index (χ1v) is 21.4. The van der Waals surface area contributed by atoms with Gasteiger partial charge < -0.3 is 74.6 Å². The molecule has 3 rings (SSSR count). The summed E-state index contributed by atoms with van der Waals surface area (Å²) >= 11 is 0. The van der Waals surface area contributed by atoms with Crippen LogP contribution in [0.15, 0.2) is 30.5 Å². The van der Waals surface area contributed by atoms with Gasteiger partial charge in [0.05, 0.1) is 103 Å². The maximum atomic E-state index is 12.9. The number of unbranched alkanes of at least 4 members (excludes halogenated alkanes) is 3. The summed E-state index contributed by atoms with van der Waals surface area (Å²) in [5, 5.41) is 67.8. The van der Waals surface area contributed by atoms with Crippen LogP contribution in [-0.2, 0) is 71.9 Å². The van der Waals surface area contributed by atoms with Crippen molar-refractivity contribution >= 4 is 23.7 Å². The van der Waals surface area contributed by atoms with Crippen molar-refractivity contribution in [3.8, 4) is 0 Å². The summed E-state index contributed by atoms with van der Waals surface area (Å²) in [6, 6.07) is 3.53. The molecule has 1 aliphatic rings. The standard InChI is InChI=1S/C41H64F2N6O16/c1-28(51)44-10-14-59-16-18-61-20-21-62-19-17-60-15-11-49-25-31(47-48-49)27-63-12-4-2-3-5-13-64-41(40(57)58)23-32(52)36(46-35(55)26-50)38(65-41)37(56)33(53)24-45-34(54)22-29-6-8-30(9-7-29)39(42)43/h6-9,25,32-33,36-39,50,52-53,56H,2-5,10-24,26-27H2,1H3,(H,44,51)(H,45,54)(H,46,55)(H,57,58)/t32-,33+,36+,37+,38+,41+/m0/s1. The van der Waals surface area contributed by atoms with Gasteiger partial charge in [-0.05, 0) is 18.4 Å². The maximum absolute atomic E-state index is 12.9. The SMILES string of the molecule is CC(=O)NCCOCCOCCOCCOCCn1cc(COCCCCCCO[C@]2(C(=O)O)C[C@H](O)[C@@H](NC(=O)CO)[C@H]([C@H](O)[C@H](O)CNC(=O)Cc3ccc(C(F)F)cc3)O2)nn1. The molecule has 368 valence electrons. The summed E-state index contributed by atoms with van der Waals surface area (Å²) in [4.78, 5) is 47.9. The number of nitrogens with one attached hydrogen (secondary N) is 3. The van der Waals surface area contributed by atoms with E-state index in [1.807, 2.05) is 0 Å². The Kier molecular flexibility index (Phi) is 26.0. The van der Waals surface area contributed by atoms with E-state index in [1.54, 1.807) is 10.9 Å². The van der Waals surface area contributed by atoms with E-state index < -0.39 is 80.0 Å². The van der Waals surface area contributed by atoms with Gasteiger partial charge in [0.2, 0.25) is 17.7 Å². The molecule has 65 heavy (non-hydrogen) atoms. The van der Waals surface area contributed by atoms with Crippen LogP contribution >= 0.6 is 0 Å². The molecule has 1 aliphatic heterocycles. The van der Waals surface area contributed by atoms with Gasteiger partial charge in [0.25, 0.3) is 12.2 Å². The van der Waals surface area contributed by atoms with E-state index in [0.29, 0.717) is 109 Å². The lowest BCUT2D eigenvalue weighted by atomic mass is 9.88. The first-order valence-electron chi connectivity index (χ1n) is 21.4. The summed E-state index contributed by atoms with van der Waals surface area (Å²) in [5.41, 5.74) is 0.819. The van der Waals surface area contributed by atoms with Gasteiger partial charge >= 0.3 is 5.97 Å². The molecule has 1 fully saturated rings. The predicted octanol–water partition coefficient (Wildman–Crippen LogP) is -1.000. The summed E-state index contributed by atoms with van der Waals surface area (Å²) < 4.78 is 66.3. The van der Waals surface area contributed by atoms with Crippen molar-refractivity contribution in [3.63, 3.8) is 0 Å². The van der Waals surface area contributed by atoms with E-state index in [9.17, 15) is 53.5 Å². The molecule has 0 spiro atoms. The molecule has 22 nitrogen and oxygen atoms in total. The molecule has 1 aromatic heterocycles. The van der Waals surface area contributed by atoms with Crippen molar-refractivity contribution in [3.05, 3.63) is 47.3 Å². The summed E-state index contributed by atoms with van der Waals surface area (Å²) in [6.45, 7) is 4.72. The van der Waals surface area contributed by atoms with Crippen LogP contribution in [0.3, 0.4) is 0 Å². The van der Waals surface area contributed by atoms with Crippen LogP contribution in [0, 0.1) is 0 Å². The maximum Gasteiger partial charge on any atom is 0.364 e. The van der Waals surface area contributed by atoms with Crippen LogP contribution in [-0.4, -0.2) is 186 Å². The van der Waals surface area contributed by atoms with Gasteiger partial charge in [-0.15, -0.1) is 5.10 Å². The molecule has 2 heterocycles. The van der Waals surface area contributed by atoms with Gasteiger partial charge in [0, 0.05) is 38.6 Å². The molecule has 0 saturated carbocycles. The molecular weight excluding hydrogens is 870 g/mol. The Balaban J connectivity index is 1.31. The highest BCUT2D eigenvalue weighted by atomic mass is 19.3. The van der Waals surface area contributed by atoms with Crippen molar-refractivity contribution in [1.29, 1.82) is 0 Å². The number of ether oxygens (including phenoxy) is 7. The molecule has 1 aromatic carbocycles. The second kappa shape index (κ2) is 30.8. The number of nitrogens with zero attached hydrogens (tertiary/aromatic N) is 3. The number of hydrogen-bond acceptors (Lipinski definition) is 17. The normalized spacial score (nSPS) is 19.5. The van der Waals surface area contributed by atoms with Gasteiger partial charge in [-0.2, -0.15) is 0 Å². The Morgan fingerprint density at radius 2 is 1.49 bits per heavy atom. The van der Waals surface area contributed by atoms with E-state index >= 15 is 0 Å². The monoisotopic (exact) mass is 934 g/mol. The zero-order valence-electron chi connectivity index (χ0n) is 36.5. The van der Waals surface area contributed by atoms with Crippen molar-refractivity contribution in [2.24, 2.45) is 0 Å². The zero-order chi connectivity index (χ0) is 47.5. The number of aliphatic carboxylic acids is 1. The Morgan fingerprint density at radius 1 is 0.862 bits per heavy atom. The minimum atomic E-state index is -2.68. The Hall–Kier alpha value is -4.34. The third kappa shape index (κ3) is 21.2. The lowest BCUT2D eigenvalue weighted by molar-refractivity contribution is -0.310. The van der Waals surface area contributed by atoms with E-state index in [4.69, 9.17) is 33.2 Å². The van der Waals surface area contributed by atoms with Gasteiger partial charge in [-0.1, -0.05) is 42.3 Å². The van der Waals surface area contributed by atoms with Crippen molar-refractivity contribution in [2.75, 3.05) is 85.8 Å². The van der Waals surface area contributed by atoms with Crippen LogP contribution in [0.1, 0.15) is 62.3 Å². The number of hydrogen-bond donors (Lipinski definition) is 8. The van der Waals surface area contributed by atoms with E-state index in [0.717, 1.165) is 0 Å². The minimum absolute atomic E-state index is 0.0968. The van der Waals surface area contributed by atoms with Crippen LogP contribution in [0.4, 0.5) is 8.78 Å². The predicted molar refractivity (Wildman–Crippen MR) is 221 cm³/mol. The molecule has 1 saturated heterocycles. The molecule has 8 N–H and O–H groups in total. The van der Waals surface area contributed by atoms with Gasteiger partial charge in [0.1, 0.15) is 24.5 Å². The summed E-state index contributed by atoms with van der Waals surface area (Å²) in [6.07, 6.45) is -6.79. The molecule has 24 heteroatoms. The molecule has 0 radical (unpaired) electrons. The number of carbonyl (C=O) groups excluding carboxylic acids is 3. The first-order chi connectivity index (χ1) is 31.2. The van der Waals surface area contributed by atoms with E-state index in [-0.39, 0.29) is 31.1 Å². The van der Waals surface area contributed by atoms with Crippen LogP contribution in [0.25, 0.3) is 0 Å². The molecule has 0 bridgehead atoms. The number of benzene rings is 1. The summed E-state index contributed by atoms with van der Waals surface area (Å²) in [5.74, 6) is -5.85. The largest absolute Gasteiger partial charge is 0.477 e. The minimum Gasteiger partial charge on any atom is -0.477 e. The number of aromatic nitrogens is 3. The lowest BCUT2D eigenvalue weighted by Gasteiger charge is -2.46. The quantitative estimate of drug-likeness (QED) is 0.0385. The van der Waals surface area contributed by atoms with Gasteiger partial charge in [0.15, 0.2) is 0 Å². The average molecular weight is 935 g/mol. The fourth-order valence-corrected chi connectivity index (χ4v) is 6.34. The molecule has 0 aliphatic carbocycles. The Labute approximate surface area is 375 Å². The number of amides is 3. The smallest absolute Gasteiger partial charge is 0.364 e. The second-order valence-corrected chi connectivity index (χ2v) is 15.0. The number of halogens is 2. The van der Waals surface area contributed by atoms with Crippen molar-refractivity contribution < 1.29 is 86.6 Å². The number of carboxylic acids is 1. The third-order valence-electron chi connectivity index (χ3n) is 9.76.